The number of aromatic nitrogens is 3. The van der Waals surface area contributed by atoms with E-state index in [4.69, 9.17) is 10.7 Å². The molecule has 0 amide bonds. The quantitative estimate of drug-likeness (QED) is 0.850. The van der Waals surface area contributed by atoms with Gasteiger partial charge in [0.15, 0.2) is 0 Å². The van der Waals surface area contributed by atoms with Crippen LogP contribution in [0.15, 0.2) is 0 Å². The molecule has 0 unspecified atom stereocenters. The summed E-state index contributed by atoms with van der Waals surface area (Å²) in [6.45, 7) is 0. The molecule has 4 nitrogen and oxygen atoms in total. The van der Waals surface area contributed by atoms with Gasteiger partial charge in [-0.2, -0.15) is 21.7 Å². The third-order valence-corrected chi connectivity index (χ3v) is 6.05. The summed E-state index contributed by atoms with van der Waals surface area (Å²) in [5.74, 6) is 3.63. The molecule has 116 valence electrons. The molecular formula is C16H26N4S. The molecule has 0 spiro atoms. The van der Waals surface area contributed by atoms with Crippen LogP contribution in [0.25, 0.3) is 0 Å². The molecule has 2 aliphatic carbocycles. The molecule has 1 aromatic rings. The highest BCUT2D eigenvalue weighted by atomic mass is 32.2. The second-order valence-corrected chi connectivity index (χ2v) is 7.66. The SMILES string of the molecule is Nc1nc(CSC2CCCC2)nc(C2CCCCCC2)n1. The van der Waals surface area contributed by atoms with Gasteiger partial charge in [-0.3, -0.25) is 0 Å². The first kappa shape index (κ1) is 15.1. The summed E-state index contributed by atoms with van der Waals surface area (Å²) in [6.07, 6.45) is 13.2. The second kappa shape index (κ2) is 7.43. The predicted molar refractivity (Wildman–Crippen MR) is 88.2 cm³/mol. The van der Waals surface area contributed by atoms with E-state index in [0.29, 0.717) is 11.9 Å². The molecule has 3 rings (SSSR count). The number of hydrogen-bond acceptors (Lipinski definition) is 5. The van der Waals surface area contributed by atoms with Crippen LogP contribution in [0.1, 0.15) is 81.8 Å². The van der Waals surface area contributed by atoms with Gasteiger partial charge in [-0.1, -0.05) is 38.5 Å². The topological polar surface area (TPSA) is 64.7 Å². The van der Waals surface area contributed by atoms with Crippen molar-refractivity contribution in [3.05, 3.63) is 11.6 Å². The Hall–Kier alpha value is -0.840. The van der Waals surface area contributed by atoms with Crippen molar-refractivity contribution in [2.75, 3.05) is 5.73 Å². The minimum absolute atomic E-state index is 0.409. The molecule has 1 heterocycles. The van der Waals surface area contributed by atoms with Crippen molar-refractivity contribution >= 4 is 17.7 Å². The molecule has 1 aromatic heterocycles. The minimum atomic E-state index is 0.409. The van der Waals surface area contributed by atoms with Crippen molar-refractivity contribution in [2.24, 2.45) is 0 Å². The molecule has 0 aromatic carbocycles. The highest BCUT2D eigenvalue weighted by Crippen LogP contribution is 2.32. The molecular weight excluding hydrogens is 280 g/mol. The molecule has 0 bridgehead atoms. The largest absolute Gasteiger partial charge is 0.368 e. The van der Waals surface area contributed by atoms with Crippen molar-refractivity contribution in [3.8, 4) is 0 Å². The van der Waals surface area contributed by atoms with E-state index < -0.39 is 0 Å². The second-order valence-electron chi connectivity index (χ2n) is 6.37. The number of hydrogen-bond donors (Lipinski definition) is 1. The molecule has 0 radical (unpaired) electrons. The molecule has 0 aliphatic heterocycles. The maximum Gasteiger partial charge on any atom is 0.223 e. The minimum Gasteiger partial charge on any atom is -0.368 e. The van der Waals surface area contributed by atoms with E-state index in [9.17, 15) is 0 Å². The zero-order chi connectivity index (χ0) is 14.5. The van der Waals surface area contributed by atoms with Crippen molar-refractivity contribution < 1.29 is 0 Å². The van der Waals surface area contributed by atoms with Crippen LogP contribution in [0.5, 0.6) is 0 Å². The van der Waals surface area contributed by atoms with Crippen molar-refractivity contribution in [1.29, 1.82) is 0 Å². The third-order valence-electron chi connectivity index (χ3n) is 4.69. The summed E-state index contributed by atoms with van der Waals surface area (Å²) in [4.78, 5) is 13.5. The Balaban J connectivity index is 1.66. The van der Waals surface area contributed by atoms with Gasteiger partial charge in [0.05, 0.1) is 5.75 Å². The third kappa shape index (κ3) is 4.31. The first-order chi connectivity index (χ1) is 10.3. The highest BCUT2D eigenvalue weighted by molar-refractivity contribution is 7.99. The lowest BCUT2D eigenvalue weighted by molar-refractivity contribution is 0.556. The summed E-state index contributed by atoms with van der Waals surface area (Å²) in [5, 5.41) is 0.796. The van der Waals surface area contributed by atoms with Crippen LogP contribution in [0.2, 0.25) is 0 Å². The van der Waals surface area contributed by atoms with Crippen LogP contribution < -0.4 is 5.73 Å². The van der Waals surface area contributed by atoms with Crippen molar-refractivity contribution in [2.45, 2.75) is 81.1 Å². The van der Waals surface area contributed by atoms with E-state index in [1.807, 2.05) is 11.8 Å². The van der Waals surface area contributed by atoms with Gasteiger partial charge in [-0.05, 0) is 25.7 Å². The van der Waals surface area contributed by atoms with Crippen LogP contribution in [0.4, 0.5) is 5.95 Å². The van der Waals surface area contributed by atoms with Gasteiger partial charge in [0.1, 0.15) is 11.6 Å². The zero-order valence-corrected chi connectivity index (χ0v) is 13.6. The molecule has 2 aliphatic rings. The fraction of sp³-hybridized carbons (Fsp3) is 0.812. The van der Waals surface area contributed by atoms with Gasteiger partial charge in [0, 0.05) is 11.2 Å². The molecule has 5 heteroatoms. The average Bonchev–Trinajstić information content (AvgIpc) is 2.85. The Kier molecular flexibility index (Phi) is 5.33. The van der Waals surface area contributed by atoms with Crippen LogP contribution in [0, 0.1) is 0 Å². The molecule has 2 saturated carbocycles. The normalized spacial score (nSPS) is 21.5. The molecule has 0 saturated heterocycles. The maximum atomic E-state index is 5.92. The van der Waals surface area contributed by atoms with Gasteiger partial charge >= 0.3 is 0 Å². The summed E-state index contributed by atoms with van der Waals surface area (Å²) in [6, 6.07) is 0. The van der Waals surface area contributed by atoms with E-state index in [0.717, 1.165) is 22.7 Å². The van der Waals surface area contributed by atoms with Crippen LogP contribution >= 0.6 is 11.8 Å². The Bertz CT molecular complexity index is 452. The van der Waals surface area contributed by atoms with E-state index in [2.05, 4.69) is 9.97 Å². The molecule has 2 N–H and O–H groups in total. The number of nitrogens with zero attached hydrogens (tertiary/aromatic N) is 3. The van der Waals surface area contributed by atoms with Gasteiger partial charge in [-0.25, -0.2) is 4.98 Å². The van der Waals surface area contributed by atoms with Crippen molar-refractivity contribution in [1.82, 2.24) is 15.0 Å². The van der Waals surface area contributed by atoms with Gasteiger partial charge in [-0.15, -0.1) is 0 Å². The summed E-state index contributed by atoms with van der Waals surface area (Å²) in [7, 11) is 0. The van der Waals surface area contributed by atoms with Crippen molar-refractivity contribution in [3.63, 3.8) is 0 Å². The fourth-order valence-corrected chi connectivity index (χ4v) is 4.67. The summed E-state index contributed by atoms with van der Waals surface area (Å²) in [5.41, 5.74) is 5.92. The van der Waals surface area contributed by atoms with Crippen LogP contribution in [-0.4, -0.2) is 20.2 Å². The van der Waals surface area contributed by atoms with E-state index in [1.54, 1.807) is 0 Å². The first-order valence-electron chi connectivity index (χ1n) is 8.43. The smallest absolute Gasteiger partial charge is 0.223 e. The molecule has 0 atom stereocenters. The summed E-state index contributed by atoms with van der Waals surface area (Å²) >= 11 is 2.00. The Morgan fingerprint density at radius 1 is 0.857 bits per heavy atom. The number of nitrogens with two attached hydrogens (primary N) is 1. The number of nitrogen functional groups attached to an aromatic ring is 1. The molecule has 21 heavy (non-hydrogen) atoms. The van der Waals surface area contributed by atoms with Gasteiger partial charge < -0.3 is 5.73 Å². The maximum absolute atomic E-state index is 5.92. The summed E-state index contributed by atoms with van der Waals surface area (Å²) < 4.78 is 0. The fourth-order valence-electron chi connectivity index (χ4n) is 3.49. The lowest BCUT2D eigenvalue weighted by Crippen LogP contribution is -2.11. The number of thioether (sulfide) groups is 1. The Morgan fingerprint density at radius 2 is 1.52 bits per heavy atom. The number of anilines is 1. The van der Waals surface area contributed by atoms with Gasteiger partial charge in [0.25, 0.3) is 0 Å². The zero-order valence-electron chi connectivity index (χ0n) is 12.8. The first-order valence-corrected chi connectivity index (χ1v) is 9.48. The standard InChI is InChI=1S/C16H26N4S/c17-16-19-14(11-21-13-9-5-6-10-13)18-15(20-16)12-7-3-1-2-4-8-12/h12-13H,1-11H2,(H2,17,18,19,20). The van der Waals surface area contributed by atoms with E-state index in [-0.39, 0.29) is 0 Å². The molecule has 2 fully saturated rings. The lowest BCUT2D eigenvalue weighted by atomic mass is 10.00. The lowest BCUT2D eigenvalue weighted by Gasteiger charge is -2.14. The van der Waals surface area contributed by atoms with Gasteiger partial charge in [0.2, 0.25) is 5.95 Å². The Labute approximate surface area is 131 Å². The highest BCUT2D eigenvalue weighted by Gasteiger charge is 2.20. The predicted octanol–water partition coefficient (Wildman–Crippen LogP) is 4.07. The average molecular weight is 306 g/mol. The monoisotopic (exact) mass is 306 g/mol. The van der Waals surface area contributed by atoms with E-state index in [1.165, 1.54) is 64.2 Å². The number of rotatable bonds is 4. The van der Waals surface area contributed by atoms with Crippen LogP contribution in [0.3, 0.4) is 0 Å². The van der Waals surface area contributed by atoms with E-state index >= 15 is 0 Å². The van der Waals surface area contributed by atoms with Crippen LogP contribution in [-0.2, 0) is 5.75 Å². The Morgan fingerprint density at radius 3 is 2.24 bits per heavy atom.